The molecule has 0 aliphatic heterocycles. The lowest BCUT2D eigenvalue weighted by Gasteiger charge is -2.63. The predicted octanol–water partition coefficient (Wildman–Crippen LogP) is 4.33. The molecule has 0 unspecified atom stereocenters. The van der Waals surface area contributed by atoms with Crippen LogP contribution in [0.1, 0.15) is 84.5 Å². The van der Waals surface area contributed by atoms with Crippen LogP contribution in [0, 0.1) is 34.5 Å². The Balaban J connectivity index is 1.37. The van der Waals surface area contributed by atoms with Crippen LogP contribution >= 0.6 is 0 Å². The van der Waals surface area contributed by atoms with Crippen molar-refractivity contribution in [2.45, 2.75) is 96.2 Å². The molecular weight excluding hydrogens is 400 g/mol. The van der Waals surface area contributed by atoms with Gasteiger partial charge in [0.05, 0.1) is 18.3 Å². The molecule has 4 rings (SSSR count). The standard InChI is InChI=1S/C27H50N2O3/c1-25-13-10-22(30)19-21(25)7-8-24-23(25)11-14-26(2)20(9-15-27(24,26)31)12-17-29(5)32-18-6-16-28(3)4/h20-24,30-31H,6-19H2,1-5H3/t20-,21-,22+,23+,24-,25+,26-,27+/m1/s1. The van der Waals surface area contributed by atoms with Crippen LogP contribution < -0.4 is 0 Å². The molecule has 5 heteroatoms. The molecular formula is C27H50N2O3. The normalized spacial score (nSPS) is 46.2. The summed E-state index contributed by atoms with van der Waals surface area (Å²) < 4.78 is 0. The van der Waals surface area contributed by atoms with E-state index >= 15 is 0 Å². The Kier molecular flexibility index (Phi) is 7.36. The van der Waals surface area contributed by atoms with Gasteiger partial charge < -0.3 is 15.1 Å². The van der Waals surface area contributed by atoms with Crippen LogP contribution in [-0.2, 0) is 4.84 Å². The third-order valence-corrected chi connectivity index (χ3v) is 10.9. The Labute approximate surface area is 196 Å². The number of hydroxylamine groups is 2. The average molecular weight is 451 g/mol. The van der Waals surface area contributed by atoms with Gasteiger partial charge in [0.15, 0.2) is 0 Å². The van der Waals surface area contributed by atoms with Gasteiger partial charge in [-0.15, -0.1) is 0 Å². The van der Waals surface area contributed by atoms with Crippen LogP contribution in [0.25, 0.3) is 0 Å². The molecule has 32 heavy (non-hydrogen) atoms. The van der Waals surface area contributed by atoms with Crippen molar-refractivity contribution in [3.8, 4) is 0 Å². The van der Waals surface area contributed by atoms with E-state index in [4.69, 9.17) is 4.84 Å². The fraction of sp³-hybridized carbons (Fsp3) is 1.00. The zero-order chi connectivity index (χ0) is 23.1. The monoisotopic (exact) mass is 450 g/mol. The molecule has 5 nitrogen and oxygen atoms in total. The van der Waals surface area contributed by atoms with Gasteiger partial charge in [0, 0.05) is 13.6 Å². The van der Waals surface area contributed by atoms with Gasteiger partial charge in [-0.05, 0) is 126 Å². The van der Waals surface area contributed by atoms with Gasteiger partial charge in [-0.1, -0.05) is 13.8 Å². The predicted molar refractivity (Wildman–Crippen MR) is 129 cm³/mol. The number of nitrogens with zero attached hydrogens (tertiary/aromatic N) is 2. The SMILES string of the molecule is CN(C)CCCON(C)CC[C@H]1CC[C@]2(O)[C@@H]3CC[C@@H]4C[C@@H](O)CC[C@]4(C)[C@H]3CC[C@]12C. The average Bonchev–Trinajstić information content (AvgIpc) is 3.01. The maximum absolute atomic E-state index is 12.3. The van der Waals surface area contributed by atoms with Crippen molar-refractivity contribution in [3.63, 3.8) is 0 Å². The molecule has 0 heterocycles. The molecule has 186 valence electrons. The summed E-state index contributed by atoms with van der Waals surface area (Å²) in [5, 5.41) is 24.6. The Morgan fingerprint density at radius 1 is 0.906 bits per heavy atom. The quantitative estimate of drug-likeness (QED) is 0.426. The van der Waals surface area contributed by atoms with Crippen LogP contribution in [-0.4, -0.2) is 72.7 Å². The summed E-state index contributed by atoms with van der Waals surface area (Å²) in [7, 11) is 6.27. The first-order chi connectivity index (χ1) is 15.1. The minimum absolute atomic E-state index is 0.0390. The summed E-state index contributed by atoms with van der Waals surface area (Å²) in [6.45, 7) is 7.70. The van der Waals surface area contributed by atoms with Gasteiger partial charge in [-0.2, -0.15) is 5.06 Å². The first-order valence-corrected chi connectivity index (χ1v) is 13.5. The van der Waals surface area contributed by atoms with Crippen LogP contribution in [0.5, 0.6) is 0 Å². The van der Waals surface area contributed by atoms with E-state index in [2.05, 4.69) is 39.9 Å². The van der Waals surface area contributed by atoms with Crippen molar-refractivity contribution in [2.24, 2.45) is 34.5 Å². The molecule has 0 aromatic heterocycles. The largest absolute Gasteiger partial charge is 0.393 e. The fourth-order valence-corrected chi connectivity index (χ4v) is 8.78. The summed E-state index contributed by atoms with van der Waals surface area (Å²) in [6, 6.07) is 0. The summed E-state index contributed by atoms with van der Waals surface area (Å²) in [5.74, 6) is 2.31. The molecule has 2 N–H and O–H groups in total. The van der Waals surface area contributed by atoms with Gasteiger partial charge in [-0.3, -0.25) is 4.84 Å². The van der Waals surface area contributed by atoms with Gasteiger partial charge in [-0.25, -0.2) is 0 Å². The second-order valence-corrected chi connectivity index (χ2v) is 12.7. The number of rotatable bonds is 8. The van der Waals surface area contributed by atoms with E-state index in [9.17, 15) is 10.2 Å². The Bertz CT molecular complexity index is 644. The molecule has 0 spiro atoms. The highest BCUT2D eigenvalue weighted by Gasteiger charge is 2.66. The smallest absolute Gasteiger partial charge is 0.0734 e. The van der Waals surface area contributed by atoms with Crippen molar-refractivity contribution >= 4 is 0 Å². The van der Waals surface area contributed by atoms with Crippen molar-refractivity contribution in [2.75, 3.05) is 40.8 Å². The van der Waals surface area contributed by atoms with Crippen LogP contribution in [0.15, 0.2) is 0 Å². The molecule has 4 fully saturated rings. The van der Waals surface area contributed by atoms with Crippen LogP contribution in [0.2, 0.25) is 0 Å². The molecule has 0 aromatic rings. The van der Waals surface area contributed by atoms with Crippen LogP contribution in [0.4, 0.5) is 0 Å². The number of aliphatic hydroxyl groups excluding tert-OH is 1. The van der Waals surface area contributed by atoms with Crippen molar-refractivity contribution in [3.05, 3.63) is 0 Å². The van der Waals surface area contributed by atoms with E-state index in [1.807, 2.05) is 5.06 Å². The maximum atomic E-state index is 12.3. The van der Waals surface area contributed by atoms with E-state index in [1.165, 1.54) is 12.8 Å². The zero-order valence-electron chi connectivity index (χ0n) is 21.5. The summed E-state index contributed by atoms with van der Waals surface area (Å²) in [6.07, 6.45) is 12.1. The van der Waals surface area contributed by atoms with E-state index in [0.29, 0.717) is 29.1 Å². The second-order valence-electron chi connectivity index (χ2n) is 12.7. The molecule has 0 bridgehead atoms. The number of aliphatic hydroxyl groups is 2. The molecule has 0 aromatic carbocycles. The minimum atomic E-state index is -0.504. The van der Waals surface area contributed by atoms with Crippen molar-refractivity contribution in [1.29, 1.82) is 0 Å². The Morgan fingerprint density at radius 3 is 2.44 bits per heavy atom. The molecule has 8 atom stereocenters. The van der Waals surface area contributed by atoms with Crippen LogP contribution in [0.3, 0.4) is 0 Å². The fourth-order valence-electron chi connectivity index (χ4n) is 8.78. The Morgan fingerprint density at radius 2 is 1.69 bits per heavy atom. The van der Waals surface area contributed by atoms with Crippen molar-refractivity contribution < 1.29 is 15.1 Å². The number of hydrogen-bond acceptors (Lipinski definition) is 5. The highest BCUT2D eigenvalue weighted by Crippen LogP contribution is 2.69. The third kappa shape index (κ3) is 4.30. The topological polar surface area (TPSA) is 56.2 Å². The third-order valence-electron chi connectivity index (χ3n) is 10.9. The van der Waals surface area contributed by atoms with E-state index in [-0.39, 0.29) is 11.5 Å². The van der Waals surface area contributed by atoms with E-state index in [1.54, 1.807) is 0 Å². The van der Waals surface area contributed by atoms with Crippen molar-refractivity contribution in [1.82, 2.24) is 9.96 Å². The number of hydrogen-bond donors (Lipinski definition) is 2. The molecule has 4 aliphatic carbocycles. The first kappa shape index (κ1) is 24.9. The Hall–Kier alpha value is -0.200. The number of fused-ring (bicyclic) bond motifs is 5. The maximum Gasteiger partial charge on any atom is 0.0734 e. The molecule has 0 saturated heterocycles. The molecule has 4 saturated carbocycles. The summed E-state index contributed by atoms with van der Waals surface area (Å²) >= 11 is 0. The summed E-state index contributed by atoms with van der Waals surface area (Å²) in [5.41, 5.74) is -0.148. The van der Waals surface area contributed by atoms with Gasteiger partial charge >= 0.3 is 0 Å². The zero-order valence-corrected chi connectivity index (χ0v) is 21.5. The molecule has 4 aliphatic rings. The first-order valence-electron chi connectivity index (χ1n) is 13.5. The van der Waals surface area contributed by atoms with E-state index in [0.717, 1.165) is 77.5 Å². The molecule has 0 amide bonds. The lowest BCUT2D eigenvalue weighted by molar-refractivity contribution is -0.212. The van der Waals surface area contributed by atoms with Gasteiger partial charge in [0.1, 0.15) is 0 Å². The highest BCUT2D eigenvalue weighted by molar-refractivity contribution is 5.16. The van der Waals surface area contributed by atoms with Gasteiger partial charge in [0.25, 0.3) is 0 Å². The lowest BCUT2D eigenvalue weighted by atomic mass is 9.43. The minimum Gasteiger partial charge on any atom is -0.393 e. The summed E-state index contributed by atoms with van der Waals surface area (Å²) in [4.78, 5) is 8.13. The highest BCUT2D eigenvalue weighted by atomic mass is 16.7. The second kappa shape index (κ2) is 9.45. The van der Waals surface area contributed by atoms with Gasteiger partial charge in [0.2, 0.25) is 0 Å². The molecule has 0 radical (unpaired) electrons. The van der Waals surface area contributed by atoms with E-state index < -0.39 is 5.60 Å². The lowest BCUT2D eigenvalue weighted by Crippen LogP contribution is -2.62.